The number of carbonyl (C=O) groups is 1. The van der Waals surface area contributed by atoms with E-state index in [1.807, 2.05) is 29.9 Å². The fraction of sp³-hybridized carbons (Fsp3) is 0.167. The van der Waals surface area contributed by atoms with E-state index in [4.69, 9.17) is 5.73 Å². The van der Waals surface area contributed by atoms with Gasteiger partial charge in [-0.15, -0.1) is 0 Å². The van der Waals surface area contributed by atoms with E-state index in [9.17, 15) is 4.79 Å². The standard InChI is InChI=1S/C12H13N3O/c1-15-7-6-14-12(15)8-11(16)9-4-2-3-5-10(9)13/h2-7H,8,13H2,1H3. The Morgan fingerprint density at radius 2 is 2.19 bits per heavy atom. The van der Waals surface area contributed by atoms with Crippen molar-refractivity contribution in [1.82, 2.24) is 9.55 Å². The fourth-order valence-corrected chi connectivity index (χ4v) is 1.56. The van der Waals surface area contributed by atoms with E-state index in [2.05, 4.69) is 4.98 Å². The van der Waals surface area contributed by atoms with Crippen molar-refractivity contribution < 1.29 is 4.79 Å². The number of carbonyl (C=O) groups excluding carboxylic acids is 1. The highest BCUT2D eigenvalue weighted by atomic mass is 16.1. The van der Waals surface area contributed by atoms with Gasteiger partial charge in [0.2, 0.25) is 0 Å². The van der Waals surface area contributed by atoms with Crippen LogP contribution in [0.15, 0.2) is 36.7 Å². The Morgan fingerprint density at radius 1 is 1.44 bits per heavy atom. The number of nitrogen functional groups attached to an aromatic ring is 1. The van der Waals surface area contributed by atoms with Crippen molar-refractivity contribution in [2.24, 2.45) is 7.05 Å². The summed E-state index contributed by atoms with van der Waals surface area (Å²) in [4.78, 5) is 16.1. The molecule has 1 aromatic carbocycles. The number of aromatic nitrogens is 2. The van der Waals surface area contributed by atoms with Crippen LogP contribution in [-0.4, -0.2) is 15.3 Å². The third-order valence-corrected chi connectivity index (χ3v) is 2.50. The normalized spacial score (nSPS) is 10.3. The third kappa shape index (κ3) is 1.95. The Bertz CT molecular complexity index is 516. The van der Waals surface area contributed by atoms with Crippen molar-refractivity contribution in [1.29, 1.82) is 0 Å². The van der Waals surface area contributed by atoms with Gasteiger partial charge in [0, 0.05) is 30.7 Å². The van der Waals surface area contributed by atoms with E-state index in [0.717, 1.165) is 5.82 Å². The molecule has 1 heterocycles. The minimum atomic E-state index is -0.00704. The molecule has 0 fully saturated rings. The van der Waals surface area contributed by atoms with E-state index < -0.39 is 0 Å². The van der Waals surface area contributed by atoms with Gasteiger partial charge in [-0.1, -0.05) is 12.1 Å². The minimum Gasteiger partial charge on any atom is -0.398 e. The molecule has 16 heavy (non-hydrogen) atoms. The predicted molar refractivity (Wildman–Crippen MR) is 62.1 cm³/mol. The highest BCUT2D eigenvalue weighted by Crippen LogP contribution is 2.13. The Labute approximate surface area is 93.7 Å². The zero-order chi connectivity index (χ0) is 11.5. The second-order valence-corrected chi connectivity index (χ2v) is 3.64. The van der Waals surface area contributed by atoms with E-state index >= 15 is 0 Å². The molecule has 0 atom stereocenters. The Kier molecular flexibility index (Phi) is 2.72. The number of nitrogens with two attached hydrogens (primary N) is 1. The molecule has 4 heteroatoms. The summed E-state index contributed by atoms with van der Waals surface area (Å²) in [5.74, 6) is 0.737. The molecule has 0 amide bonds. The average Bonchev–Trinajstić information content (AvgIpc) is 2.65. The lowest BCUT2D eigenvalue weighted by molar-refractivity contribution is 0.0991. The van der Waals surface area contributed by atoms with Crippen molar-refractivity contribution in [2.75, 3.05) is 5.73 Å². The number of aryl methyl sites for hydroxylation is 1. The first-order chi connectivity index (χ1) is 7.68. The van der Waals surface area contributed by atoms with Crippen LogP contribution in [-0.2, 0) is 13.5 Å². The highest BCUT2D eigenvalue weighted by Gasteiger charge is 2.12. The van der Waals surface area contributed by atoms with E-state index in [1.165, 1.54) is 0 Å². The van der Waals surface area contributed by atoms with Gasteiger partial charge in [0.25, 0.3) is 0 Å². The van der Waals surface area contributed by atoms with Gasteiger partial charge in [0.1, 0.15) is 5.82 Å². The number of anilines is 1. The molecule has 0 saturated carbocycles. The number of ketones is 1. The lowest BCUT2D eigenvalue weighted by atomic mass is 10.1. The second-order valence-electron chi connectivity index (χ2n) is 3.64. The molecule has 0 radical (unpaired) electrons. The predicted octanol–water partition coefficient (Wildman–Crippen LogP) is 1.43. The fourth-order valence-electron chi connectivity index (χ4n) is 1.56. The number of Topliss-reactive ketones (excluding diaryl/α,β-unsaturated/α-hetero) is 1. The zero-order valence-electron chi connectivity index (χ0n) is 9.05. The molecule has 0 aliphatic heterocycles. The summed E-state index contributed by atoms with van der Waals surface area (Å²) in [6.45, 7) is 0. The van der Waals surface area contributed by atoms with E-state index in [-0.39, 0.29) is 12.2 Å². The molecular formula is C12H13N3O. The summed E-state index contributed by atoms with van der Waals surface area (Å²) < 4.78 is 1.83. The Balaban J connectivity index is 2.22. The Hall–Kier alpha value is -2.10. The summed E-state index contributed by atoms with van der Waals surface area (Å²) in [5.41, 5.74) is 6.82. The van der Waals surface area contributed by atoms with Crippen LogP contribution in [0.5, 0.6) is 0 Å². The summed E-state index contributed by atoms with van der Waals surface area (Å²) in [6, 6.07) is 7.08. The van der Waals surface area contributed by atoms with Crippen molar-refractivity contribution in [3.8, 4) is 0 Å². The lowest BCUT2D eigenvalue weighted by Gasteiger charge is -2.04. The maximum Gasteiger partial charge on any atom is 0.172 e. The molecule has 0 bridgehead atoms. The lowest BCUT2D eigenvalue weighted by Crippen LogP contribution is -2.10. The monoisotopic (exact) mass is 215 g/mol. The number of para-hydroxylation sites is 1. The van der Waals surface area contributed by atoms with Gasteiger partial charge in [-0.05, 0) is 12.1 Å². The van der Waals surface area contributed by atoms with Gasteiger partial charge in [-0.3, -0.25) is 4.79 Å². The summed E-state index contributed by atoms with van der Waals surface area (Å²) >= 11 is 0. The van der Waals surface area contributed by atoms with Gasteiger partial charge in [0.15, 0.2) is 5.78 Å². The molecular weight excluding hydrogens is 202 g/mol. The van der Waals surface area contributed by atoms with E-state index in [1.54, 1.807) is 18.3 Å². The van der Waals surface area contributed by atoms with Crippen molar-refractivity contribution in [3.63, 3.8) is 0 Å². The molecule has 4 nitrogen and oxygen atoms in total. The van der Waals surface area contributed by atoms with Crippen LogP contribution in [0, 0.1) is 0 Å². The van der Waals surface area contributed by atoms with Crippen LogP contribution in [0.2, 0.25) is 0 Å². The summed E-state index contributed by atoms with van der Waals surface area (Å²) in [5, 5.41) is 0. The number of rotatable bonds is 3. The minimum absolute atomic E-state index is 0.00704. The smallest absolute Gasteiger partial charge is 0.172 e. The molecule has 82 valence electrons. The first-order valence-corrected chi connectivity index (χ1v) is 5.02. The SMILES string of the molecule is Cn1ccnc1CC(=O)c1ccccc1N. The highest BCUT2D eigenvalue weighted by molar-refractivity contribution is 6.01. The van der Waals surface area contributed by atoms with Crippen LogP contribution in [0.1, 0.15) is 16.2 Å². The van der Waals surface area contributed by atoms with Crippen molar-refractivity contribution in [3.05, 3.63) is 48.0 Å². The van der Waals surface area contributed by atoms with Crippen LogP contribution in [0.4, 0.5) is 5.69 Å². The van der Waals surface area contributed by atoms with Crippen molar-refractivity contribution in [2.45, 2.75) is 6.42 Å². The van der Waals surface area contributed by atoms with Crippen molar-refractivity contribution >= 4 is 11.5 Å². The van der Waals surface area contributed by atoms with Gasteiger partial charge >= 0.3 is 0 Å². The van der Waals surface area contributed by atoms with Crippen LogP contribution < -0.4 is 5.73 Å². The molecule has 2 N–H and O–H groups in total. The van der Waals surface area contributed by atoms with Crippen LogP contribution >= 0.6 is 0 Å². The number of benzene rings is 1. The molecule has 0 aliphatic carbocycles. The largest absolute Gasteiger partial charge is 0.398 e. The number of hydrogen-bond acceptors (Lipinski definition) is 3. The molecule has 0 aliphatic rings. The molecule has 2 rings (SSSR count). The summed E-state index contributed by atoms with van der Waals surface area (Å²) in [7, 11) is 1.87. The summed E-state index contributed by atoms with van der Waals surface area (Å²) in [6.07, 6.45) is 3.77. The number of imidazole rings is 1. The van der Waals surface area contributed by atoms with Gasteiger partial charge < -0.3 is 10.3 Å². The first kappa shape index (κ1) is 10.4. The quantitative estimate of drug-likeness (QED) is 0.622. The molecule has 0 saturated heterocycles. The van der Waals surface area contributed by atoms with Gasteiger partial charge in [-0.25, -0.2) is 4.98 Å². The van der Waals surface area contributed by atoms with Crippen LogP contribution in [0.3, 0.4) is 0 Å². The first-order valence-electron chi connectivity index (χ1n) is 5.02. The van der Waals surface area contributed by atoms with Gasteiger partial charge in [0.05, 0.1) is 6.42 Å². The molecule has 1 aromatic heterocycles. The maximum atomic E-state index is 12.0. The number of nitrogens with zero attached hydrogens (tertiary/aromatic N) is 2. The molecule has 0 unspecified atom stereocenters. The van der Waals surface area contributed by atoms with Crippen LogP contribution in [0.25, 0.3) is 0 Å². The third-order valence-electron chi connectivity index (χ3n) is 2.50. The number of hydrogen-bond donors (Lipinski definition) is 1. The second kappa shape index (κ2) is 4.18. The Morgan fingerprint density at radius 3 is 2.81 bits per heavy atom. The zero-order valence-corrected chi connectivity index (χ0v) is 9.05. The van der Waals surface area contributed by atoms with Gasteiger partial charge in [-0.2, -0.15) is 0 Å². The molecule has 2 aromatic rings. The average molecular weight is 215 g/mol. The topological polar surface area (TPSA) is 60.9 Å². The maximum absolute atomic E-state index is 12.0. The molecule has 0 spiro atoms. The van der Waals surface area contributed by atoms with E-state index in [0.29, 0.717) is 11.3 Å².